The lowest BCUT2D eigenvalue weighted by molar-refractivity contribution is 0.153. The first-order valence-electron chi connectivity index (χ1n) is 6.37. The summed E-state index contributed by atoms with van der Waals surface area (Å²) in [6.07, 6.45) is 2.34. The second-order valence-electron chi connectivity index (χ2n) is 4.77. The van der Waals surface area contributed by atoms with Crippen molar-refractivity contribution >= 4 is 22.5 Å². The highest BCUT2D eigenvalue weighted by atomic mass is 35.5. The molecule has 0 amide bonds. The van der Waals surface area contributed by atoms with E-state index >= 15 is 0 Å². The minimum atomic E-state index is -0.801. The fourth-order valence-corrected chi connectivity index (χ4v) is 2.40. The Morgan fingerprint density at radius 1 is 1.33 bits per heavy atom. The van der Waals surface area contributed by atoms with E-state index in [1.165, 1.54) is 9.36 Å². The minimum absolute atomic E-state index is 0.170. The molecular weight excluding hydrogens is 292 g/mol. The number of aliphatic hydroxyl groups is 1. The van der Waals surface area contributed by atoms with Crippen LogP contribution in [0.15, 0.2) is 41.5 Å². The van der Waals surface area contributed by atoms with Crippen molar-refractivity contribution in [3.8, 4) is 0 Å². The molecule has 0 aliphatic carbocycles. The highest BCUT2D eigenvalue weighted by Gasteiger charge is 2.14. The molecule has 1 N–H and O–H groups in total. The molecule has 2 aromatic heterocycles. The zero-order valence-electron chi connectivity index (χ0n) is 11.3. The standard InChI is InChI=1S/C14H13ClN4O2/c1-18-14(21)13-10(6-16-18)7-17-19(13)8-12(20)9-3-2-4-11(15)5-9/h2-7,12,20H,8H2,1H3/t12-/m0/s1. The highest BCUT2D eigenvalue weighted by Crippen LogP contribution is 2.20. The molecule has 1 atom stereocenters. The zero-order valence-corrected chi connectivity index (χ0v) is 12.0. The van der Waals surface area contributed by atoms with Gasteiger partial charge in [-0.25, -0.2) is 4.68 Å². The van der Waals surface area contributed by atoms with Crippen LogP contribution in [0.4, 0.5) is 0 Å². The second kappa shape index (κ2) is 5.31. The largest absolute Gasteiger partial charge is 0.386 e. The van der Waals surface area contributed by atoms with Crippen LogP contribution in [0.2, 0.25) is 5.02 Å². The van der Waals surface area contributed by atoms with Gasteiger partial charge in [0.15, 0.2) is 0 Å². The zero-order chi connectivity index (χ0) is 15.0. The predicted molar refractivity (Wildman–Crippen MR) is 79.2 cm³/mol. The van der Waals surface area contributed by atoms with Crippen molar-refractivity contribution in [1.82, 2.24) is 19.6 Å². The smallest absolute Gasteiger partial charge is 0.292 e. The third kappa shape index (κ3) is 2.55. The molecular formula is C14H13ClN4O2. The summed E-state index contributed by atoms with van der Waals surface area (Å²) in [5.74, 6) is 0. The van der Waals surface area contributed by atoms with Crippen LogP contribution < -0.4 is 5.56 Å². The number of hydrogen-bond acceptors (Lipinski definition) is 4. The topological polar surface area (TPSA) is 72.9 Å². The average molecular weight is 305 g/mol. The third-order valence-electron chi connectivity index (χ3n) is 3.31. The molecule has 108 valence electrons. The predicted octanol–water partition coefficient (Wildman–Crippen LogP) is 1.52. The van der Waals surface area contributed by atoms with Crippen molar-refractivity contribution in [3.63, 3.8) is 0 Å². The lowest BCUT2D eigenvalue weighted by atomic mass is 10.1. The van der Waals surface area contributed by atoms with Gasteiger partial charge >= 0.3 is 0 Å². The molecule has 3 rings (SSSR count). The number of benzene rings is 1. The van der Waals surface area contributed by atoms with Gasteiger partial charge in [0.05, 0.1) is 25.0 Å². The Balaban J connectivity index is 1.99. The van der Waals surface area contributed by atoms with Crippen LogP contribution in [0.25, 0.3) is 10.9 Å². The SMILES string of the molecule is Cn1ncc2cnn(C[C@H](O)c3cccc(Cl)c3)c2c1=O. The Labute approximate surface area is 125 Å². The van der Waals surface area contributed by atoms with Gasteiger partial charge in [0.25, 0.3) is 5.56 Å². The van der Waals surface area contributed by atoms with Crippen LogP contribution in [0, 0.1) is 0 Å². The number of rotatable bonds is 3. The summed E-state index contributed by atoms with van der Waals surface area (Å²) >= 11 is 5.92. The lowest BCUT2D eigenvalue weighted by Gasteiger charge is -2.12. The van der Waals surface area contributed by atoms with Gasteiger partial charge in [0, 0.05) is 17.5 Å². The number of fused-ring (bicyclic) bond motifs is 1. The Morgan fingerprint density at radius 3 is 2.86 bits per heavy atom. The molecule has 0 spiro atoms. The molecule has 3 aromatic rings. The van der Waals surface area contributed by atoms with Gasteiger partial charge in [-0.2, -0.15) is 10.2 Å². The van der Waals surface area contributed by atoms with Gasteiger partial charge in [0.2, 0.25) is 0 Å². The molecule has 21 heavy (non-hydrogen) atoms. The second-order valence-corrected chi connectivity index (χ2v) is 5.21. The highest BCUT2D eigenvalue weighted by molar-refractivity contribution is 6.30. The number of hydrogen-bond donors (Lipinski definition) is 1. The molecule has 2 heterocycles. The molecule has 0 aliphatic heterocycles. The first kappa shape index (κ1) is 13.8. The summed E-state index contributed by atoms with van der Waals surface area (Å²) in [7, 11) is 1.58. The van der Waals surface area contributed by atoms with Gasteiger partial charge in [-0.3, -0.25) is 9.48 Å². The lowest BCUT2D eigenvalue weighted by Crippen LogP contribution is -2.22. The molecule has 0 aliphatic rings. The Morgan fingerprint density at radius 2 is 2.10 bits per heavy atom. The summed E-state index contributed by atoms with van der Waals surface area (Å²) in [4.78, 5) is 12.1. The number of nitrogens with zero attached hydrogens (tertiary/aromatic N) is 4. The van der Waals surface area contributed by atoms with Crippen molar-refractivity contribution in [2.45, 2.75) is 12.6 Å². The maximum atomic E-state index is 12.1. The van der Waals surface area contributed by atoms with Crippen LogP contribution >= 0.6 is 11.6 Å². The monoisotopic (exact) mass is 304 g/mol. The minimum Gasteiger partial charge on any atom is -0.386 e. The normalized spacial score (nSPS) is 12.7. The van der Waals surface area contributed by atoms with Gasteiger partial charge < -0.3 is 5.11 Å². The molecule has 0 unspecified atom stereocenters. The van der Waals surface area contributed by atoms with E-state index in [1.807, 2.05) is 0 Å². The molecule has 7 heteroatoms. The van der Waals surface area contributed by atoms with E-state index in [2.05, 4.69) is 10.2 Å². The Hall–Kier alpha value is -2.18. The van der Waals surface area contributed by atoms with Gasteiger partial charge in [-0.15, -0.1) is 0 Å². The average Bonchev–Trinajstić information content (AvgIpc) is 2.86. The van der Waals surface area contributed by atoms with Crippen LogP contribution in [0.5, 0.6) is 0 Å². The molecule has 0 saturated heterocycles. The van der Waals surface area contributed by atoms with Crippen molar-refractivity contribution in [1.29, 1.82) is 0 Å². The fraction of sp³-hybridized carbons (Fsp3) is 0.214. The molecule has 0 bridgehead atoms. The number of halogens is 1. The Kier molecular flexibility index (Phi) is 3.48. The van der Waals surface area contributed by atoms with Gasteiger partial charge in [-0.1, -0.05) is 23.7 Å². The maximum Gasteiger partial charge on any atom is 0.292 e. The van der Waals surface area contributed by atoms with Crippen LogP contribution in [0.1, 0.15) is 11.7 Å². The first-order chi connectivity index (χ1) is 10.1. The fourth-order valence-electron chi connectivity index (χ4n) is 2.20. The third-order valence-corrected chi connectivity index (χ3v) is 3.55. The van der Waals surface area contributed by atoms with Crippen LogP contribution in [0.3, 0.4) is 0 Å². The maximum absolute atomic E-state index is 12.1. The van der Waals surface area contributed by atoms with E-state index in [-0.39, 0.29) is 12.1 Å². The first-order valence-corrected chi connectivity index (χ1v) is 6.75. The molecule has 0 fully saturated rings. The van der Waals surface area contributed by atoms with E-state index in [0.29, 0.717) is 21.5 Å². The molecule has 1 aromatic carbocycles. The van der Waals surface area contributed by atoms with E-state index in [0.717, 1.165) is 0 Å². The summed E-state index contributed by atoms with van der Waals surface area (Å²) in [5, 5.41) is 19.6. The summed E-state index contributed by atoms with van der Waals surface area (Å²) in [5.41, 5.74) is 0.855. The van der Waals surface area contributed by atoms with Gasteiger partial charge in [-0.05, 0) is 17.7 Å². The van der Waals surface area contributed by atoms with Crippen molar-refractivity contribution in [2.75, 3.05) is 0 Å². The summed E-state index contributed by atoms with van der Waals surface area (Å²) < 4.78 is 2.73. The van der Waals surface area contributed by atoms with Crippen LogP contribution in [-0.2, 0) is 13.6 Å². The molecule has 0 radical (unpaired) electrons. The van der Waals surface area contributed by atoms with E-state index in [9.17, 15) is 9.90 Å². The quantitative estimate of drug-likeness (QED) is 0.796. The summed E-state index contributed by atoms with van der Waals surface area (Å²) in [6.45, 7) is 0.170. The van der Waals surface area contributed by atoms with E-state index < -0.39 is 6.10 Å². The number of aliphatic hydroxyl groups excluding tert-OH is 1. The van der Waals surface area contributed by atoms with E-state index in [4.69, 9.17) is 11.6 Å². The van der Waals surface area contributed by atoms with Crippen molar-refractivity contribution < 1.29 is 5.11 Å². The van der Waals surface area contributed by atoms with Crippen molar-refractivity contribution in [2.24, 2.45) is 7.05 Å². The van der Waals surface area contributed by atoms with Gasteiger partial charge in [0.1, 0.15) is 5.52 Å². The van der Waals surface area contributed by atoms with Crippen LogP contribution in [-0.4, -0.2) is 24.7 Å². The summed E-state index contributed by atoms with van der Waals surface area (Å²) in [6, 6.07) is 6.98. The van der Waals surface area contributed by atoms with Crippen molar-refractivity contribution in [3.05, 3.63) is 57.6 Å². The Bertz CT molecular complexity index is 856. The number of aromatic nitrogens is 4. The van der Waals surface area contributed by atoms with E-state index in [1.54, 1.807) is 43.7 Å². The molecule has 6 nitrogen and oxygen atoms in total. The molecule has 0 saturated carbocycles. The number of aryl methyl sites for hydroxylation is 1.